The van der Waals surface area contributed by atoms with E-state index >= 15 is 0 Å². The van der Waals surface area contributed by atoms with Gasteiger partial charge in [0.05, 0.1) is 6.54 Å². The van der Waals surface area contributed by atoms with Gasteiger partial charge in [-0.3, -0.25) is 28.9 Å². The molecule has 8 heteroatoms. The molecule has 1 rings (SSSR count). The summed E-state index contributed by atoms with van der Waals surface area (Å²) in [4.78, 5) is 61.5. The highest BCUT2D eigenvalue weighted by Gasteiger charge is 2.39. The van der Waals surface area contributed by atoms with Crippen molar-refractivity contribution in [3.63, 3.8) is 0 Å². The van der Waals surface area contributed by atoms with Crippen molar-refractivity contribution in [2.75, 3.05) is 13.1 Å². The van der Waals surface area contributed by atoms with E-state index in [9.17, 15) is 24.0 Å². The molecule has 2 N–H and O–H groups in total. The fourth-order valence-corrected chi connectivity index (χ4v) is 3.40. The lowest BCUT2D eigenvalue weighted by molar-refractivity contribution is -0.139. The fourth-order valence-electron chi connectivity index (χ4n) is 3.40. The van der Waals surface area contributed by atoms with E-state index in [-0.39, 0.29) is 60.1 Å². The number of nitrogens with zero attached hydrogens (tertiary/aromatic N) is 1. The van der Waals surface area contributed by atoms with E-state index in [2.05, 4.69) is 10.6 Å². The maximum atomic E-state index is 12.3. The average molecular weight is 454 g/mol. The van der Waals surface area contributed by atoms with Crippen LogP contribution in [0.15, 0.2) is 0 Å². The van der Waals surface area contributed by atoms with Gasteiger partial charge < -0.3 is 10.6 Å². The smallest absolute Gasteiger partial charge is 0.243 e. The zero-order chi connectivity index (χ0) is 24.8. The molecule has 0 radical (unpaired) electrons. The lowest BCUT2D eigenvalue weighted by Crippen LogP contribution is -2.50. The van der Waals surface area contributed by atoms with Gasteiger partial charge in [-0.05, 0) is 24.7 Å². The van der Waals surface area contributed by atoms with Gasteiger partial charge >= 0.3 is 0 Å². The lowest BCUT2D eigenvalue weighted by atomic mass is 9.94. The van der Waals surface area contributed by atoms with Crippen molar-refractivity contribution >= 4 is 29.4 Å². The van der Waals surface area contributed by atoms with Crippen LogP contribution in [0.2, 0.25) is 0 Å². The van der Waals surface area contributed by atoms with Crippen molar-refractivity contribution < 1.29 is 24.0 Å². The first-order valence-electron chi connectivity index (χ1n) is 12.0. The number of amides is 4. The lowest BCUT2D eigenvalue weighted by Gasteiger charge is -2.21. The van der Waals surface area contributed by atoms with Crippen molar-refractivity contribution in [2.45, 2.75) is 93.0 Å². The van der Waals surface area contributed by atoms with E-state index < -0.39 is 6.04 Å². The minimum absolute atomic E-state index is 0.0277. The number of carbonyl (C=O) groups excluding carboxylic acids is 5. The van der Waals surface area contributed by atoms with E-state index in [1.807, 2.05) is 41.5 Å². The average Bonchev–Trinajstić information content (AvgIpc) is 3.04. The molecule has 1 fully saturated rings. The van der Waals surface area contributed by atoms with Crippen LogP contribution in [0.25, 0.3) is 0 Å². The van der Waals surface area contributed by atoms with Gasteiger partial charge in [0.25, 0.3) is 0 Å². The second-order valence-corrected chi connectivity index (χ2v) is 8.65. The Labute approximate surface area is 193 Å². The number of rotatable bonds is 13. The van der Waals surface area contributed by atoms with Crippen LogP contribution in [0.3, 0.4) is 0 Å². The molecule has 32 heavy (non-hydrogen) atoms. The molecule has 0 bridgehead atoms. The third kappa shape index (κ3) is 9.92. The van der Waals surface area contributed by atoms with Crippen molar-refractivity contribution in [3.8, 4) is 0 Å². The summed E-state index contributed by atoms with van der Waals surface area (Å²) in [6.07, 6.45) is 2.88. The first kappa shape index (κ1) is 29.8. The Morgan fingerprint density at radius 2 is 1.66 bits per heavy atom. The highest BCUT2D eigenvalue weighted by molar-refractivity contribution is 6.03. The summed E-state index contributed by atoms with van der Waals surface area (Å²) in [6, 6.07) is -0.685. The van der Waals surface area contributed by atoms with Gasteiger partial charge in [-0.15, -0.1) is 0 Å². The van der Waals surface area contributed by atoms with Gasteiger partial charge in [0.1, 0.15) is 6.04 Å². The summed E-state index contributed by atoms with van der Waals surface area (Å²) in [5, 5.41) is 5.32. The third-order valence-electron chi connectivity index (χ3n) is 5.49. The predicted octanol–water partition coefficient (Wildman–Crippen LogP) is 2.84. The second-order valence-electron chi connectivity index (χ2n) is 8.65. The molecule has 1 aliphatic heterocycles. The van der Waals surface area contributed by atoms with Crippen molar-refractivity contribution in [3.05, 3.63) is 0 Å². The number of nitrogens with one attached hydrogen (secondary N) is 2. The number of imide groups is 1. The monoisotopic (exact) mass is 453 g/mol. The van der Waals surface area contributed by atoms with Gasteiger partial charge in [0.15, 0.2) is 5.78 Å². The predicted molar refractivity (Wildman–Crippen MR) is 125 cm³/mol. The van der Waals surface area contributed by atoms with Crippen LogP contribution in [0.5, 0.6) is 0 Å². The number of likely N-dealkylation sites (tertiary alicyclic amines) is 1. The molecule has 2 atom stereocenters. The Hall–Kier alpha value is -2.25. The minimum Gasteiger partial charge on any atom is -0.347 e. The highest BCUT2D eigenvalue weighted by Crippen LogP contribution is 2.26. The topological polar surface area (TPSA) is 113 Å². The number of Topliss-reactive ketones (excluding diaryl/α,β-unsaturated/α-hetero) is 1. The molecule has 184 valence electrons. The molecule has 0 aromatic rings. The summed E-state index contributed by atoms with van der Waals surface area (Å²) >= 11 is 0. The van der Waals surface area contributed by atoms with Gasteiger partial charge in [-0.1, -0.05) is 54.9 Å². The molecule has 1 saturated heterocycles. The Morgan fingerprint density at radius 1 is 1.03 bits per heavy atom. The molecule has 0 aromatic heterocycles. The molecule has 0 aromatic carbocycles. The summed E-state index contributed by atoms with van der Waals surface area (Å²) < 4.78 is 0. The van der Waals surface area contributed by atoms with E-state index in [0.29, 0.717) is 38.6 Å². The van der Waals surface area contributed by atoms with Crippen LogP contribution in [0, 0.1) is 17.8 Å². The van der Waals surface area contributed by atoms with Crippen LogP contribution < -0.4 is 10.6 Å². The van der Waals surface area contributed by atoms with Gasteiger partial charge in [-0.2, -0.15) is 0 Å². The zero-order valence-electron chi connectivity index (χ0n) is 21.0. The first-order chi connectivity index (χ1) is 15.1. The number of ketones is 1. The normalized spacial score (nSPS) is 16.7. The van der Waals surface area contributed by atoms with Gasteiger partial charge in [-0.25, -0.2) is 0 Å². The zero-order valence-corrected chi connectivity index (χ0v) is 21.0. The van der Waals surface area contributed by atoms with Gasteiger partial charge in [0.2, 0.25) is 23.6 Å². The SMILES string of the molecule is CC.CCC(=O)CNC(=O)C(NC(=O)CCCCCN1C(=O)CC(C(C)C)C1=O)C(C)C. The van der Waals surface area contributed by atoms with Crippen LogP contribution >= 0.6 is 0 Å². The summed E-state index contributed by atoms with van der Waals surface area (Å²) in [7, 11) is 0. The van der Waals surface area contributed by atoms with Crippen LogP contribution in [0.4, 0.5) is 0 Å². The van der Waals surface area contributed by atoms with Crippen molar-refractivity contribution in [2.24, 2.45) is 17.8 Å². The number of hydrogen-bond acceptors (Lipinski definition) is 5. The molecule has 0 saturated carbocycles. The number of unbranched alkanes of at least 4 members (excludes halogenated alkanes) is 2. The molecule has 4 amide bonds. The maximum Gasteiger partial charge on any atom is 0.243 e. The highest BCUT2D eigenvalue weighted by atomic mass is 16.2. The summed E-state index contributed by atoms with van der Waals surface area (Å²) in [5.41, 5.74) is 0. The maximum absolute atomic E-state index is 12.3. The van der Waals surface area contributed by atoms with Crippen LogP contribution in [-0.2, 0) is 24.0 Å². The standard InChI is InChI=1S/C22H37N3O5.C2H6/c1-6-16(26)13-23-21(29)20(15(4)5)24-18(27)10-8-7-9-11-25-19(28)12-17(14(2)3)22(25)30;1-2/h14-15,17,20H,6-13H2,1-5H3,(H,23,29)(H,24,27);1-2H3. The Balaban J connectivity index is 0.00000466. The molecule has 2 unspecified atom stereocenters. The summed E-state index contributed by atoms with van der Waals surface area (Å²) in [5.74, 6) is -0.997. The van der Waals surface area contributed by atoms with E-state index in [4.69, 9.17) is 0 Å². The molecular formula is C24H43N3O5. The Bertz CT molecular complexity index is 646. The molecule has 8 nitrogen and oxygen atoms in total. The summed E-state index contributed by atoms with van der Waals surface area (Å²) in [6.45, 7) is 13.7. The molecule has 1 aliphatic rings. The number of carbonyl (C=O) groups is 5. The molecule has 0 aliphatic carbocycles. The van der Waals surface area contributed by atoms with Crippen molar-refractivity contribution in [1.82, 2.24) is 15.5 Å². The van der Waals surface area contributed by atoms with E-state index in [1.54, 1.807) is 6.92 Å². The second kappa shape index (κ2) is 15.5. The molecular weight excluding hydrogens is 410 g/mol. The quantitative estimate of drug-likeness (QED) is 0.329. The first-order valence-corrected chi connectivity index (χ1v) is 12.0. The molecule has 0 spiro atoms. The van der Waals surface area contributed by atoms with Crippen LogP contribution in [0.1, 0.15) is 87.0 Å². The van der Waals surface area contributed by atoms with Crippen molar-refractivity contribution in [1.29, 1.82) is 0 Å². The number of hydrogen-bond donors (Lipinski definition) is 2. The van der Waals surface area contributed by atoms with Crippen LogP contribution in [-0.4, -0.2) is 53.4 Å². The van der Waals surface area contributed by atoms with E-state index in [0.717, 1.165) is 0 Å². The minimum atomic E-state index is -0.685. The molecule has 1 heterocycles. The largest absolute Gasteiger partial charge is 0.347 e. The third-order valence-corrected chi connectivity index (χ3v) is 5.49. The fraction of sp³-hybridized carbons (Fsp3) is 0.792. The Morgan fingerprint density at radius 3 is 2.16 bits per heavy atom. The Kier molecular flexibility index (Phi) is 14.4. The van der Waals surface area contributed by atoms with E-state index in [1.165, 1.54) is 4.90 Å². The van der Waals surface area contributed by atoms with Gasteiger partial charge in [0, 0.05) is 31.7 Å².